The fourth-order valence-electron chi connectivity index (χ4n) is 2.83. The molecule has 2 aromatic heterocycles. The van der Waals surface area contributed by atoms with Gasteiger partial charge in [-0.2, -0.15) is 13.2 Å². The first-order valence-corrected chi connectivity index (χ1v) is 9.85. The molecule has 0 aliphatic heterocycles. The molecule has 0 radical (unpaired) electrons. The van der Waals surface area contributed by atoms with Gasteiger partial charge in [-0.3, -0.25) is 0 Å². The van der Waals surface area contributed by atoms with Crippen LogP contribution in [0.2, 0.25) is 5.02 Å². The van der Waals surface area contributed by atoms with E-state index in [-0.39, 0.29) is 11.6 Å². The van der Waals surface area contributed by atoms with Crippen molar-refractivity contribution < 1.29 is 22.7 Å². The number of hydrogen-bond donors (Lipinski definition) is 2. The fraction of sp³-hybridized carbons (Fsp3) is 0.0455. The number of ether oxygens (including phenoxy) is 1. The molecule has 0 saturated heterocycles. The number of aromatic nitrogens is 3. The van der Waals surface area contributed by atoms with Crippen LogP contribution in [-0.4, -0.2) is 20.8 Å². The molecule has 2 amide bonds. The van der Waals surface area contributed by atoms with Crippen LogP contribution in [0.1, 0.15) is 5.56 Å². The summed E-state index contributed by atoms with van der Waals surface area (Å²) in [6.45, 7) is 0. The molecule has 0 unspecified atom stereocenters. The summed E-state index contributed by atoms with van der Waals surface area (Å²) in [5, 5.41) is 12.5. The van der Waals surface area contributed by atoms with Gasteiger partial charge < -0.3 is 19.9 Å². The molecule has 11 heteroatoms. The van der Waals surface area contributed by atoms with Gasteiger partial charge in [-0.1, -0.05) is 11.6 Å². The number of alkyl halides is 3. The summed E-state index contributed by atoms with van der Waals surface area (Å²) in [5.41, 5.74) is -0.682. The quantitative estimate of drug-likeness (QED) is 0.352. The molecule has 2 N–H and O–H groups in total. The van der Waals surface area contributed by atoms with Crippen molar-refractivity contribution in [2.45, 2.75) is 6.18 Å². The Labute approximate surface area is 190 Å². The van der Waals surface area contributed by atoms with Crippen molar-refractivity contribution in [1.29, 1.82) is 0 Å². The van der Waals surface area contributed by atoms with Gasteiger partial charge >= 0.3 is 12.2 Å². The Morgan fingerprint density at radius 3 is 2.21 bits per heavy atom. The van der Waals surface area contributed by atoms with Crippen LogP contribution in [0.3, 0.4) is 0 Å². The summed E-state index contributed by atoms with van der Waals surface area (Å²) >= 11 is 5.58. The maximum Gasteiger partial charge on any atom is 0.417 e. The number of anilines is 2. The zero-order valence-electron chi connectivity index (χ0n) is 16.7. The van der Waals surface area contributed by atoms with E-state index < -0.39 is 22.8 Å². The summed E-state index contributed by atoms with van der Waals surface area (Å²) in [4.78, 5) is 12.1. The summed E-state index contributed by atoms with van der Waals surface area (Å²) in [6.07, 6.45) is -0.947. The first-order valence-electron chi connectivity index (χ1n) is 9.48. The molecule has 4 rings (SSSR count). The Morgan fingerprint density at radius 1 is 0.909 bits per heavy atom. The topological polar surface area (TPSA) is 81.1 Å². The molecular weight excluding hydrogens is 459 g/mol. The average molecular weight is 474 g/mol. The first kappa shape index (κ1) is 22.2. The lowest BCUT2D eigenvalue weighted by atomic mass is 10.2. The highest BCUT2D eigenvalue weighted by Crippen LogP contribution is 2.36. The third-order valence-corrected chi connectivity index (χ3v) is 4.69. The normalized spacial score (nSPS) is 11.2. The third kappa shape index (κ3) is 5.60. The minimum atomic E-state index is -4.63. The van der Waals surface area contributed by atoms with E-state index in [0.29, 0.717) is 17.3 Å². The predicted molar refractivity (Wildman–Crippen MR) is 117 cm³/mol. The molecule has 168 valence electrons. The molecule has 33 heavy (non-hydrogen) atoms. The van der Waals surface area contributed by atoms with E-state index in [1.807, 2.05) is 24.5 Å². The Kier molecular flexibility index (Phi) is 6.18. The number of carbonyl (C=O) groups excluding carboxylic acids is 1. The number of amides is 2. The largest absolute Gasteiger partial charge is 0.438 e. The number of rotatable bonds is 5. The first-order chi connectivity index (χ1) is 15.8. The van der Waals surface area contributed by atoms with Crippen molar-refractivity contribution in [1.82, 2.24) is 14.8 Å². The van der Waals surface area contributed by atoms with Crippen molar-refractivity contribution in [2.75, 3.05) is 10.6 Å². The highest BCUT2D eigenvalue weighted by Gasteiger charge is 2.33. The molecule has 2 heterocycles. The van der Waals surface area contributed by atoms with Gasteiger partial charge in [0.1, 0.15) is 5.75 Å². The second kappa shape index (κ2) is 9.21. The fourth-order valence-corrected chi connectivity index (χ4v) is 3.06. The van der Waals surface area contributed by atoms with E-state index in [4.69, 9.17) is 16.3 Å². The molecule has 0 atom stereocenters. The summed E-state index contributed by atoms with van der Waals surface area (Å²) < 4.78 is 46.3. The minimum Gasteiger partial charge on any atom is -0.438 e. The molecule has 0 fully saturated rings. The maximum absolute atomic E-state index is 13.0. The summed E-state index contributed by atoms with van der Waals surface area (Å²) in [6, 6.07) is 15.9. The van der Waals surface area contributed by atoms with E-state index in [2.05, 4.69) is 20.8 Å². The summed E-state index contributed by atoms with van der Waals surface area (Å²) in [7, 11) is 0. The van der Waals surface area contributed by atoms with E-state index in [1.54, 1.807) is 41.0 Å². The number of halogens is 4. The highest BCUT2D eigenvalue weighted by molar-refractivity contribution is 6.31. The number of hydrogen-bond acceptors (Lipinski definition) is 4. The molecule has 0 aliphatic rings. The molecule has 4 aromatic rings. The van der Waals surface area contributed by atoms with Crippen molar-refractivity contribution in [2.24, 2.45) is 0 Å². The van der Waals surface area contributed by atoms with Crippen LogP contribution < -0.4 is 15.4 Å². The number of benzene rings is 2. The van der Waals surface area contributed by atoms with Crippen LogP contribution in [-0.2, 0) is 6.18 Å². The van der Waals surface area contributed by atoms with Crippen LogP contribution in [0.5, 0.6) is 11.6 Å². The van der Waals surface area contributed by atoms with Gasteiger partial charge in [0.25, 0.3) is 0 Å². The van der Waals surface area contributed by atoms with Crippen molar-refractivity contribution in [3.05, 3.63) is 89.7 Å². The molecule has 7 nitrogen and oxygen atoms in total. The Balaban J connectivity index is 1.35. The van der Waals surface area contributed by atoms with Gasteiger partial charge in [-0.25, -0.2) is 4.79 Å². The zero-order chi connectivity index (χ0) is 23.4. The Hall–Kier alpha value is -4.05. The third-order valence-electron chi connectivity index (χ3n) is 4.36. The highest BCUT2D eigenvalue weighted by atomic mass is 35.5. The molecule has 0 aliphatic carbocycles. The van der Waals surface area contributed by atoms with E-state index in [1.165, 1.54) is 6.07 Å². The smallest absolute Gasteiger partial charge is 0.417 e. The lowest BCUT2D eigenvalue weighted by molar-refractivity contribution is -0.137. The zero-order valence-corrected chi connectivity index (χ0v) is 17.4. The van der Waals surface area contributed by atoms with Crippen molar-refractivity contribution >= 4 is 29.0 Å². The van der Waals surface area contributed by atoms with Crippen molar-refractivity contribution in [3.63, 3.8) is 0 Å². The number of carbonyl (C=O) groups is 1. The molecule has 2 aromatic carbocycles. The van der Waals surface area contributed by atoms with Gasteiger partial charge in [-0.05, 0) is 60.7 Å². The van der Waals surface area contributed by atoms with E-state index >= 15 is 0 Å². The van der Waals surface area contributed by atoms with Gasteiger partial charge in [0.2, 0.25) is 5.88 Å². The van der Waals surface area contributed by atoms with Crippen LogP contribution >= 0.6 is 11.6 Å². The number of nitrogens with one attached hydrogen (secondary N) is 2. The number of urea groups is 1. The predicted octanol–water partition coefficient (Wildman–Crippen LogP) is 6.38. The van der Waals surface area contributed by atoms with Gasteiger partial charge in [0.05, 0.1) is 10.6 Å². The molecule has 0 saturated carbocycles. The Morgan fingerprint density at radius 2 is 1.58 bits per heavy atom. The Bertz CT molecular complexity index is 1240. The molecule has 0 spiro atoms. The standard InChI is InChI=1S/C22H15ClF3N5O2/c23-18-8-5-15(13-17(18)22(24,25)26)28-21(32)27-14-3-6-16(7-4-14)33-20-10-9-19(29-30-20)31-11-1-2-12-31/h1-13H,(H2,27,28,32). The second-order valence-corrected chi connectivity index (χ2v) is 7.13. The van der Waals surface area contributed by atoms with Crippen molar-refractivity contribution in [3.8, 4) is 17.4 Å². The van der Waals surface area contributed by atoms with Gasteiger partial charge in [0, 0.05) is 29.8 Å². The average Bonchev–Trinajstić information content (AvgIpc) is 3.31. The van der Waals surface area contributed by atoms with Gasteiger partial charge in [0.15, 0.2) is 5.82 Å². The molecular formula is C22H15ClF3N5O2. The van der Waals surface area contributed by atoms with Gasteiger partial charge in [-0.15, -0.1) is 10.2 Å². The monoisotopic (exact) mass is 473 g/mol. The lowest BCUT2D eigenvalue weighted by Gasteiger charge is -2.12. The minimum absolute atomic E-state index is 0.0499. The lowest BCUT2D eigenvalue weighted by Crippen LogP contribution is -2.19. The molecule has 0 bridgehead atoms. The van der Waals surface area contributed by atoms with E-state index in [0.717, 1.165) is 12.1 Å². The second-order valence-electron chi connectivity index (χ2n) is 6.72. The van der Waals surface area contributed by atoms with Crippen LogP contribution in [0.25, 0.3) is 5.82 Å². The van der Waals surface area contributed by atoms with E-state index in [9.17, 15) is 18.0 Å². The van der Waals surface area contributed by atoms with Crippen LogP contribution in [0, 0.1) is 0 Å². The summed E-state index contributed by atoms with van der Waals surface area (Å²) in [5.74, 6) is 1.38. The van der Waals surface area contributed by atoms with Crippen LogP contribution in [0.4, 0.5) is 29.3 Å². The SMILES string of the molecule is O=C(Nc1ccc(Oc2ccc(-n3cccc3)nn2)cc1)Nc1ccc(Cl)c(C(F)(F)F)c1. The van der Waals surface area contributed by atoms with Crippen LogP contribution in [0.15, 0.2) is 79.1 Å². The number of nitrogens with zero attached hydrogens (tertiary/aromatic N) is 3. The maximum atomic E-state index is 13.0.